The summed E-state index contributed by atoms with van der Waals surface area (Å²) >= 11 is 0. The predicted octanol–water partition coefficient (Wildman–Crippen LogP) is 1.40. The highest BCUT2D eigenvalue weighted by Crippen LogP contribution is 2.35. The molecule has 0 amide bonds. The molecule has 5 nitrogen and oxygen atoms in total. The average molecular weight is 323 g/mol. The Kier molecular flexibility index (Phi) is 6.84. The molecule has 0 saturated carbocycles. The summed E-state index contributed by atoms with van der Waals surface area (Å²) in [5.41, 5.74) is 0.790. The van der Waals surface area contributed by atoms with Gasteiger partial charge in [-0.3, -0.25) is 4.90 Å². The molecule has 23 heavy (non-hydrogen) atoms. The summed E-state index contributed by atoms with van der Waals surface area (Å²) in [6.07, 6.45) is 2.09. The summed E-state index contributed by atoms with van der Waals surface area (Å²) in [6.45, 7) is 4.81. The van der Waals surface area contributed by atoms with E-state index in [1.54, 1.807) is 0 Å². The van der Waals surface area contributed by atoms with Crippen molar-refractivity contribution in [2.24, 2.45) is 5.41 Å². The number of benzene rings is 1. The zero-order chi connectivity index (χ0) is 16.7. The molecule has 1 saturated heterocycles. The molecule has 0 spiro atoms. The van der Waals surface area contributed by atoms with E-state index in [-0.39, 0.29) is 13.2 Å². The van der Waals surface area contributed by atoms with Gasteiger partial charge in [0.05, 0.1) is 19.3 Å². The molecule has 0 aliphatic carbocycles. The molecule has 3 N–H and O–H groups in total. The van der Waals surface area contributed by atoms with Crippen LogP contribution in [-0.4, -0.2) is 59.2 Å². The number of aliphatic hydroxyl groups excluding tert-OH is 3. The lowest BCUT2D eigenvalue weighted by Crippen LogP contribution is -2.53. The largest absolute Gasteiger partial charge is 0.491 e. The van der Waals surface area contributed by atoms with E-state index < -0.39 is 11.5 Å². The Morgan fingerprint density at radius 2 is 2.00 bits per heavy atom. The molecule has 0 aromatic heterocycles. The summed E-state index contributed by atoms with van der Waals surface area (Å²) in [4.78, 5) is 2.31. The van der Waals surface area contributed by atoms with Gasteiger partial charge in [0.2, 0.25) is 0 Å². The van der Waals surface area contributed by atoms with Gasteiger partial charge in [-0.15, -0.1) is 0 Å². The number of piperidine rings is 1. The molecule has 1 fully saturated rings. The van der Waals surface area contributed by atoms with E-state index in [1.807, 2.05) is 24.3 Å². The van der Waals surface area contributed by atoms with Crippen molar-refractivity contribution < 1.29 is 20.1 Å². The van der Waals surface area contributed by atoms with Crippen LogP contribution in [0.4, 0.5) is 0 Å². The number of ether oxygens (including phenoxy) is 1. The first-order valence-corrected chi connectivity index (χ1v) is 8.47. The van der Waals surface area contributed by atoms with Crippen molar-refractivity contribution in [1.29, 1.82) is 0 Å². The number of aliphatic hydroxyl groups is 3. The topological polar surface area (TPSA) is 73.2 Å². The van der Waals surface area contributed by atoms with Crippen molar-refractivity contribution in [3.63, 3.8) is 0 Å². The van der Waals surface area contributed by atoms with E-state index in [0.29, 0.717) is 13.0 Å². The number of hydrogen-bond donors (Lipinski definition) is 3. The second-order valence-corrected chi connectivity index (χ2v) is 6.50. The maximum absolute atomic E-state index is 10.3. The van der Waals surface area contributed by atoms with Gasteiger partial charge in [-0.2, -0.15) is 0 Å². The lowest BCUT2D eigenvalue weighted by atomic mass is 9.74. The second kappa shape index (κ2) is 8.64. The number of nitrogens with zero attached hydrogens (tertiary/aromatic N) is 1. The van der Waals surface area contributed by atoms with Crippen LogP contribution in [0.3, 0.4) is 0 Å². The van der Waals surface area contributed by atoms with Crippen molar-refractivity contribution >= 4 is 0 Å². The maximum atomic E-state index is 10.3. The Morgan fingerprint density at radius 3 is 2.61 bits per heavy atom. The van der Waals surface area contributed by atoms with E-state index in [0.717, 1.165) is 38.2 Å². The van der Waals surface area contributed by atoms with Gasteiger partial charge in [-0.1, -0.05) is 25.5 Å². The Hall–Kier alpha value is -1.14. The minimum Gasteiger partial charge on any atom is -0.491 e. The van der Waals surface area contributed by atoms with E-state index in [4.69, 9.17) is 9.84 Å². The predicted molar refractivity (Wildman–Crippen MR) is 89.4 cm³/mol. The van der Waals surface area contributed by atoms with Gasteiger partial charge in [0.15, 0.2) is 0 Å². The number of rotatable bonds is 8. The fourth-order valence-corrected chi connectivity index (χ4v) is 3.47. The molecule has 0 radical (unpaired) electrons. The van der Waals surface area contributed by atoms with Crippen LogP contribution < -0.4 is 4.74 Å². The van der Waals surface area contributed by atoms with E-state index >= 15 is 0 Å². The van der Waals surface area contributed by atoms with Crippen LogP contribution in [0.1, 0.15) is 31.7 Å². The first kappa shape index (κ1) is 18.2. The lowest BCUT2D eigenvalue weighted by molar-refractivity contribution is -0.0819. The number of likely N-dealkylation sites (tertiary alicyclic amines) is 1. The zero-order valence-electron chi connectivity index (χ0n) is 13.9. The maximum Gasteiger partial charge on any atom is 0.119 e. The van der Waals surface area contributed by atoms with Crippen LogP contribution >= 0.6 is 0 Å². The summed E-state index contributed by atoms with van der Waals surface area (Å²) < 4.78 is 5.37. The molecule has 0 bridgehead atoms. The van der Waals surface area contributed by atoms with Crippen LogP contribution in [0.5, 0.6) is 5.75 Å². The lowest BCUT2D eigenvalue weighted by Gasteiger charge is -2.45. The monoisotopic (exact) mass is 323 g/mol. The second-order valence-electron chi connectivity index (χ2n) is 6.50. The van der Waals surface area contributed by atoms with Gasteiger partial charge >= 0.3 is 0 Å². The van der Waals surface area contributed by atoms with Gasteiger partial charge in [-0.05, 0) is 30.5 Å². The SMILES string of the molecule is CCC[C@@]1(CO)CN(Cc2ccc(OCCO)cc2)CC[C@@H]1O. The van der Waals surface area contributed by atoms with Gasteiger partial charge in [0.25, 0.3) is 0 Å². The highest BCUT2D eigenvalue weighted by atomic mass is 16.5. The van der Waals surface area contributed by atoms with Gasteiger partial charge < -0.3 is 20.1 Å². The molecule has 2 rings (SSSR count). The highest BCUT2D eigenvalue weighted by Gasteiger charge is 2.41. The quantitative estimate of drug-likeness (QED) is 0.674. The van der Waals surface area contributed by atoms with Crippen LogP contribution in [0.15, 0.2) is 24.3 Å². The molecular weight excluding hydrogens is 294 g/mol. The van der Waals surface area contributed by atoms with E-state index in [2.05, 4.69) is 11.8 Å². The van der Waals surface area contributed by atoms with Crippen molar-refractivity contribution in [3.05, 3.63) is 29.8 Å². The molecule has 1 aliphatic heterocycles. The highest BCUT2D eigenvalue weighted by molar-refractivity contribution is 5.27. The van der Waals surface area contributed by atoms with Crippen molar-refractivity contribution in [1.82, 2.24) is 4.90 Å². The van der Waals surface area contributed by atoms with Crippen LogP contribution in [0, 0.1) is 5.41 Å². The smallest absolute Gasteiger partial charge is 0.119 e. The molecule has 130 valence electrons. The minimum absolute atomic E-state index is 0.0124. The van der Waals surface area contributed by atoms with Crippen LogP contribution in [0.2, 0.25) is 0 Å². The molecule has 1 aromatic carbocycles. The minimum atomic E-state index is -0.419. The summed E-state index contributed by atoms with van der Waals surface area (Å²) in [5, 5.41) is 28.9. The fourth-order valence-electron chi connectivity index (χ4n) is 3.47. The zero-order valence-corrected chi connectivity index (χ0v) is 13.9. The van der Waals surface area contributed by atoms with Crippen molar-refractivity contribution in [3.8, 4) is 5.75 Å². The molecule has 0 unspecified atom stereocenters. The van der Waals surface area contributed by atoms with Crippen LogP contribution in [0.25, 0.3) is 0 Å². The molecule has 2 atom stereocenters. The van der Waals surface area contributed by atoms with Crippen LogP contribution in [-0.2, 0) is 6.54 Å². The standard InChI is InChI=1S/C18H29NO4/c1-2-8-18(14-21)13-19(9-7-17(18)22)12-15-3-5-16(6-4-15)23-11-10-20/h3-6,17,20-22H,2,7-14H2,1H3/t17-,18-/m0/s1. The fraction of sp³-hybridized carbons (Fsp3) is 0.667. The molecule has 1 aliphatic rings. The Bertz CT molecular complexity index is 465. The third-order valence-electron chi connectivity index (χ3n) is 4.72. The molecule has 5 heteroatoms. The summed E-state index contributed by atoms with van der Waals surface area (Å²) in [5.74, 6) is 0.757. The van der Waals surface area contributed by atoms with Crippen molar-refractivity contribution in [2.45, 2.75) is 38.8 Å². The molecule has 1 aromatic rings. The Morgan fingerprint density at radius 1 is 1.26 bits per heavy atom. The number of hydrogen-bond acceptors (Lipinski definition) is 5. The first-order valence-electron chi connectivity index (χ1n) is 8.47. The van der Waals surface area contributed by atoms with E-state index in [9.17, 15) is 10.2 Å². The summed E-state index contributed by atoms with van der Waals surface area (Å²) in [7, 11) is 0. The molecular formula is C18H29NO4. The van der Waals surface area contributed by atoms with Gasteiger partial charge in [-0.25, -0.2) is 0 Å². The first-order chi connectivity index (χ1) is 11.1. The molecule has 1 heterocycles. The van der Waals surface area contributed by atoms with Gasteiger partial charge in [0, 0.05) is 25.0 Å². The van der Waals surface area contributed by atoms with E-state index in [1.165, 1.54) is 5.56 Å². The Balaban J connectivity index is 1.97. The average Bonchev–Trinajstić information content (AvgIpc) is 2.57. The van der Waals surface area contributed by atoms with Gasteiger partial charge in [0.1, 0.15) is 12.4 Å². The third-order valence-corrected chi connectivity index (χ3v) is 4.72. The van der Waals surface area contributed by atoms with Crippen molar-refractivity contribution in [2.75, 3.05) is 32.9 Å². The normalized spacial score (nSPS) is 25.5. The Labute approximate surface area is 138 Å². The third kappa shape index (κ3) is 4.67. The summed E-state index contributed by atoms with van der Waals surface area (Å²) in [6, 6.07) is 7.88.